The smallest absolute Gasteiger partial charge is 0.242 e. The van der Waals surface area contributed by atoms with Crippen LogP contribution >= 0.6 is 58.2 Å². The quantitative estimate of drug-likeness (QED) is 0.389. The van der Waals surface area contributed by atoms with Gasteiger partial charge < -0.3 is 10.2 Å². The van der Waals surface area contributed by atoms with E-state index in [1.54, 1.807) is 41.3 Å². The lowest BCUT2D eigenvalue weighted by Crippen LogP contribution is -2.49. The Labute approximate surface area is 207 Å². The zero-order chi connectivity index (χ0) is 23.0. The van der Waals surface area contributed by atoms with Crippen molar-refractivity contribution in [3.05, 3.63) is 67.6 Å². The summed E-state index contributed by atoms with van der Waals surface area (Å²) in [6.07, 6.45) is 0.486. The maximum atomic E-state index is 13.2. The van der Waals surface area contributed by atoms with Crippen molar-refractivity contribution in [2.45, 2.75) is 38.6 Å². The summed E-state index contributed by atoms with van der Waals surface area (Å²) in [7, 11) is 0. The molecule has 0 heterocycles. The maximum Gasteiger partial charge on any atom is 0.242 e. The second-order valence-corrected chi connectivity index (χ2v) is 9.40. The number of rotatable bonds is 10. The van der Waals surface area contributed by atoms with Crippen LogP contribution in [0.3, 0.4) is 0 Å². The molecule has 2 rings (SSSR count). The van der Waals surface area contributed by atoms with Gasteiger partial charge in [0, 0.05) is 28.9 Å². The van der Waals surface area contributed by atoms with Gasteiger partial charge in [-0.3, -0.25) is 9.59 Å². The van der Waals surface area contributed by atoms with Crippen molar-refractivity contribution < 1.29 is 9.59 Å². The molecule has 0 saturated heterocycles. The van der Waals surface area contributed by atoms with Crippen LogP contribution in [0, 0.1) is 0 Å². The fraction of sp³-hybridized carbons (Fsp3) is 0.364. The number of carbonyl (C=O) groups is 2. The third-order valence-electron chi connectivity index (χ3n) is 4.61. The predicted octanol–water partition coefficient (Wildman–Crippen LogP) is 6.48. The van der Waals surface area contributed by atoms with Crippen molar-refractivity contribution in [3.8, 4) is 0 Å². The lowest BCUT2D eigenvalue weighted by Gasteiger charge is -2.30. The number of likely N-dealkylation sites (N-methyl/N-ethyl adjacent to an activating group) is 1. The van der Waals surface area contributed by atoms with E-state index in [1.807, 2.05) is 13.8 Å². The zero-order valence-corrected chi connectivity index (χ0v) is 21.1. The number of nitrogens with one attached hydrogen (secondary N) is 1. The molecule has 1 atom stereocenters. The highest BCUT2D eigenvalue weighted by molar-refractivity contribution is 7.99. The van der Waals surface area contributed by atoms with Crippen molar-refractivity contribution in [1.82, 2.24) is 10.2 Å². The number of benzene rings is 2. The van der Waals surface area contributed by atoms with E-state index in [0.29, 0.717) is 38.8 Å². The van der Waals surface area contributed by atoms with Gasteiger partial charge in [0.2, 0.25) is 11.8 Å². The summed E-state index contributed by atoms with van der Waals surface area (Å²) in [6, 6.07) is 9.92. The molecule has 0 unspecified atom stereocenters. The minimum atomic E-state index is -0.591. The van der Waals surface area contributed by atoms with Crippen LogP contribution in [0.15, 0.2) is 36.4 Å². The van der Waals surface area contributed by atoms with Gasteiger partial charge in [-0.1, -0.05) is 65.5 Å². The molecule has 2 aromatic rings. The summed E-state index contributed by atoms with van der Waals surface area (Å²) in [5.74, 6) is 0.330. The van der Waals surface area contributed by atoms with Crippen LogP contribution in [-0.2, 0) is 21.9 Å². The first-order valence-corrected chi connectivity index (χ1v) is 12.5. The lowest BCUT2D eigenvalue weighted by molar-refractivity contribution is -0.139. The molecule has 0 saturated carbocycles. The van der Waals surface area contributed by atoms with E-state index in [-0.39, 0.29) is 24.1 Å². The standard InChI is InChI=1S/C22H24Cl4N2O2S/c1-3-20(22(30)27-4-2)28(11-14-8-9-18(25)19(26)10-14)21(29)13-31-12-15-16(23)6-5-7-17(15)24/h5-10,20H,3-4,11-13H2,1-2H3,(H,27,30)/t20-/m1/s1. The Morgan fingerprint density at radius 2 is 1.68 bits per heavy atom. The normalized spacial score (nSPS) is 11.8. The third-order valence-corrected chi connectivity index (χ3v) is 7.00. The summed E-state index contributed by atoms with van der Waals surface area (Å²) in [5, 5.41) is 4.78. The van der Waals surface area contributed by atoms with Gasteiger partial charge in [0.05, 0.1) is 15.8 Å². The van der Waals surface area contributed by atoms with Crippen LogP contribution in [0.4, 0.5) is 0 Å². The molecule has 0 aromatic heterocycles. The number of halogens is 4. The molecule has 0 aliphatic rings. The number of thioether (sulfide) groups is 1. The Bertz CT molecular complexity index is 906. The number of hydrogen-bond acceptors (Lipinski definition) is 3. The first-order valence-electron chi connectivity index (χ1n) is 9.80. The zero-order valence-electron chi connectivity index (χ0n) is 17.3. The molecule has 4 nitrogen and oxygen atoms in total. The van der Waals surface area contributed by atoms with E-state index in [0.717, 1.165) is 11.1 Å². The van der Waals surface area contributed by atoms with Gasteiger partial charge in [-0.15, -0.1) is 11.8 Å². The number of amides is 2. The topological polar surface area (TPSA) is 49.4 Å². The van der Waals surface area contributed by atoms with Gasteiger partial charge in [0.1, 0.15) is 6.04 Å². The van der Waals surface area contributed by atoms with Crippen molar-refractivity contribution in [3.63, 3.8) is 0 Å². The molecule has 0 bridgehead atoms. The van der Waals surface area contributed by atoms with E-state index < -0.39 is 6.04 Å². The van der Waals surface area contributed by atoms with E-state index in [4.69, 9.17) is 46.4 Å². The van der Waals surface area contributed by atoms with Crippen LogP contribution < -0.4 is 5.32 Å². The van der Waals surface area contributed by atoms with Crippen molar-refractivity contribution in [2.75, 3.05) is 12.3 Å². The fourth-order valence-corrected chi connectivity index (χ4v) is 5.01. The highest BCUT2D eigenvalue weighted by Gasteiger charge is 2.28. The Balaban J connectivity index is 2.18. The summed E-state index contributed by atoms with van der Waals surface area (Å²) in [5.41, 5.74) is 1.58. The SMILES string of the molecule is CCNC(=O)[C@@H](CC)N(Cc1ccc(Cl)c(Cl)c1)C(=O)CSCc1c(Cl)cccc1Cl. The van der Waals surface area contributed by atoms with Gasteiger partial charge in [-0.2, -0.15) is 0 Å². The van der Waals surface area contributed by atoms with E-state index in [9.17, 15) is 9.59 Å². The van der Waals surface area contributed by atoms with Crippen LogP contribution in [0.5, 0.6) is 0 Å². The molecule has 0 fully saturated rings. The number of carbonyl (C=O) groups excluding carboxylic acids is 2. The molecule has 0 spiro atoms. The second kappa shape index (κ2) is 12.8. The average Bonchev–Trinajstić information content (AvgIpc) is 2.72. The third kappa shape index (κ3) is 7.47. The van der Waals surface area contributed by atoms with Gasteiger partial charge in [-0.25, -0.2) is 0 Å². The maximum absolute atomic E-state index is 13.2. The molecular formula is C22H24Cl4N2O2S. The molecule has 0 aliphatic heterocycles. The Hall–Kier alpha value is -1.11. The molecule has 1 N–H and O–H groups in total. The first kappa shape index (κ1) is 26.1. The van der Waals surface area contributed by atoms with E-state index in [2.05, 4.69) is 5.32 Å². The Kier molecular flexibility index (Phi) is 10.8. The molecule has 168 valence electrons. The largest absolute Gasteiger partial charge is 0.355 e. The minimum absolute atomic E-state index is 0.155. The Morgan fingerprint density at radius 1 is 1.00 bits per heavy atom. The molecule has 0 aliphatic carbocycles. The molecule has 2 amide bonds. The van der Waals surface area contributed by atoms with Crippen molar-refractivity contribution in [1.29, 1.82) is 0 Å². The Morgan fingerprint density at radius 3 is 2.26 bits per heavy atom. The summed E-state index contributed by atoms with van der Waals surface area (Å²) < 4.78 is 0. The molecule has 9 heteroatoms. The first-order chi connectivity index (χ1) is 14.8. The minimum Gasteiger partial charge on any atom is -0.355 e. The van der Waals surface area contributed by atoms with Gasteiger partial charge >= 0.3 is 0 Å². The van der Waals surface area contributed by atoms with Crippen LogP contribution in [0.2, 0.25) is 20.1 Å². The van der Waals surface area contributed by atoms with E-state index in [1.165, 1.54) is 11.8 Å². The van der Waals surface area contributed by atoms with Crippen LogP contribution in [-0.4, -0.2) is 35.1 Å². The van der Waals surface area contributed by atoms with Crippen molar-refractivity contribution in [2.24, 2.45) is 0 Å². The second-order valence-electron chi connectivity index (χ2n) is 6.78. The summed E-state index contributed by atoms with van der Waals surface area (Å²) >= 11 is 26.0. The molecule has 31 heavy (non-hydrogen) atoms. The highest BCUT2D eigenvalue weighted by atomic mass is 35.5. The van der Waals surface area contributed by atoms with Crippen LogP contribution in [0.25, 0.3) is 0 Å². The van der Waals surface area contributed by atoms with Gasteiger partial charge in [-0.05, 0) is 48.7 Å². The highest BCUT2D eigenvalue weighted by Crippen LogP contribution is 2.29. The molecular weight excluding hydrogens is 498 g/mol. The van der Waals surface area contributed by atoms with E-state index >= 15 is 0 Å². The predicted molar refractivity (Wildman–Crippen MR) is 132 cm³/mol. The number of nitrogens with zero attached hydrogens (tertiary/aromatic N) is 1. The molecule has 0 radical (unpaired) electrons. The van der Waals surface area contributed by atoms with Crippen molar-refractivity contribution >= 4 is 70.0 Å². The monoisotopic (exact) mass is 520 g/mol. The van der Waals surface area contributed by atoms with Gasteiger partial charge in [0.15, 0.2) is 0 Å². The summed E-state index contributed by atoms with van der Waals surface area (Å²) in [6.45, 7) is 4.47. The van der Waals surface area contributed by atoms with Gasteiger partial charge in [0.25, 0.3) is 0 Å². The average molecular weight is 522 g/mol. The lowest BCUT2D eigenvalue weighted by atomic mass is 10.1. The summed E-state index contributed by atoms with van der Waals surface area (Å²) in [4.78, 5) is 27.4. The number of hydrogen-bond donors (Lipinski definition) is 1. The fourth-order valence-electron chi connectivity index (χ4n) is 3.04. The van der Waals surface area contributed by atoms with Crippen LogP contribution in [0.1, 0.15) is 31.4 Å². The molecule has 2 aromatic carbocycles.